The Morgan fingerprint density at radius 3 is 2.71 bits per heavy atom. The number of halogens is 2. The van der Waals surface area contributed by atoms with Gasteiger partial charge in [0.2, 0.25) is 0 Å². The number of fused-ring (bicyclic) bond motifs is 1. The van der Waals surface area contributed by atoms with E-state index >= 15 is 0 Å². The summed E-state index contributed by atoms with van der Waals surface area (Å²) < 4.78 is 13.8. The Bertz CT molecular complexity index is 600. The molecule has 1 spiro atoms. The van der Waals surface area contributed by atoms with Gasteiger partial charge in [-0.3, -0.25) is 0 Å². The first-order valence-electron chi connectivity index (χ1n) is 6.41. The SMILES string of the molecule is Cl.NC1=NC2(CCN(C(=O)O)CC2)Nc2cccc(F)c21. The number of amidine groups is 1. The van der Waals surface area contributed by atoms with Crippen LogP contribution in [0.2, 0.25) is 0 Å². The molecule has 1 amide bonds. The van der Waals surface area contributed by atoms with Crippen molar-refractivity contribution in [2.45, 2.75) is 18.5 Å². The lowest BCUT2D eigenvalue weighted by Gasteiger charge is -2.41. The van der Waals surface area contributed by atoms with Crippen molar-refractivity contribution in [3.8, 4) is 0 Å². The molecule has 0 unspecified atom stereocenters. The van der Waals surface area contributed by atoms with Gasteiger partial charge in [0.1, 0.15) is 17.3 Å². The number of carboxylic acid groups (broad SMARTS) is 1. The Labute approximate surface area is 127 Å². The fraction of sp³-hybridized carbons (Fsp3) is 0.385. The maximum absolute atomic E-state index is 13.8. The van der Waals surface area contributed by atoms with Crippen LogP contribution in [0.3, 0.4) is 0 Å². The van der Waals surface area contributed by atoms with Crippen molar-refractivity contribution >= 4 is 30.0 Å². The van der Waals surface area contributed by atoms with Gasteiger partial charge >= 0.3 is 6.09 Å². The molecule has 8 heteroatoms. The van der Waals surface area contributed by atoms with Gasteiger partial charge < -0.3 is 21.1 Å². The van der Waals surface area contributed by atoms with Crippen molar-refractivity contribution in [2.75, 3.05) is 18.4 Å². The minimum atomic E-state index is -0.931. The molecular weight excluding hydrogens is 299 g/mol. The molecule has 114 valence electrons. The van der Waals surface area contributed by atoms with E-state index in [1.54, 1.807) is 12.1 Å². The van der Waals surface area contributed by atoms with E-state index in [1.165, 1.54) is 11.0 Å². The summed E-state index contributed by atoms with van der Waals surface area (Å²) in [5.41, 5.74) is 6.16. The van der Waals surface area contributed by atoms with Crippen LogP contribution in [0.15, 0.2) is 23.2 Å². The van der Waals surface area contributed by atoms with Crippen LogP contribution in [-0.4, -0.2) is 40.7 Å². The first-order valence-corrected chi connectivity index (χ1v) is 6.41. The fourth-order valence-electron chi connectivity index (χ4n) is 2.76. The number of nitrogens with zero attached hydrogens (tertiary/aromatic N) is 2. The highest BCUT2D eigenvalue weighted by molar-refractivity contribution is 6.04. The number of hydrogen-bond acceptors (Lipinski definition) is 4. The second-order valence-corrected chi connectivity index (χ2v) is 5.09. The molecule has 0 atom stereocenters. The van der Waals surface area contributed by atoms with Crippen molar-refractivity contribution in [3.63, 3.8) is 0 Å². The number of nitrogens with one attached hydrogen (secondary N) is 1. The molecule has 1 saturated heterocycles. The maximum Gasteiger partial charge on any atom is 0.407 e. The molecule has 0 radical (unpaired) electrons. The van der Waals surface area contributed by atoms with Gasteiger partial charge in [-0.1, -0.05) is 6.07 Å². The van der Waals surface area contributed by atoms with Crippen molar-refractivity contribution in [2.24, 2.45) is 10.7 Å². The van der Waals surface area contributed by atoms with Crippen LogP contribution in [-0.2, 0) is 0 Å². The van der Waals surface area contributed by atoms with E-state index in [2.05, 4.69) is 10.3 Å². The van der Waals surface area contributed by atoms with E-state index < -0.39 is 17.6 Å². The smallest absolute Gasteiger partial charge is 0.407 e. The fourth-order valence-corrected chi connectivity index (χ4v) is 2.76. The van der Waals surface area contributed by atoms with Crippen LogP contribution < -0.4 is 11.1 Å². The van der Waals surface area contributed by atoms with Crippen LogP contribution in [0, 0.1) is 5.82 Å². The van der Waals surface area contributed by atoms with Gasteiger partial charge in [0.15, 0.2) is 0 Å². The summed E-state index contributed by atoms with van der Waals surface area (Å²) in [6.07, 6.45) is 0.0883. The molecule has 1 fully saturated rings. The van der Waals surface area contributed by atoms with Gasteiger partial charge in [0.25, 0.3) is 0 Å². The van der Waals surface area contributed by atoms with E-state index in [-0.39, 0.29) is 18.2 Å². The van der Waals surface area contributed by atoms with Crippen LogP contribution in [0.4, 0.5) is 14.9 Å². The Morgan fingerprint density at radius 1 is 1.43 bits per heavy atom. The summed E-state index contributed by atoms with van der Waals surface area (Å²) in [7, 11) is 0. The van der Waals surface area contributed by atoms with E-state index in [1.807, 2.05) is 0 Å². The van der Waals surface area contributed by atoms with Crippen LogP contribution in [0.1, 0.15) is 18.4 Å². The Hall–Kier alpha value is -2.02. The van der Waals surface area contributed by atoms with Gasteiger partial charge in [0, 0.05) is 31.6 Å². The molecule has 1 aromatic carbocycles. The molecule has 1 aromatic rings. The Balaban J connectivity index is 0.00000161. The van der Waals surface area contributed by atoms with Crippen molar-refractivity contribution in [1.29, 1.82) is 0 Å². The van der Waals surface area contributed by atoms with E-state index in [4.69, 9.17) is 10.8 Å². The molecular formula is C13H16ClFN4O2. The van der Waals surface area contributed by atoms with Crippen LogP contribution in [0.5, 0.6) is 0 Å². The molecule has 6 nitrogen and oxygen atoms in total. The number of benzene rings is 1. The lowest BCUT2D eigenvalue weighted by Crippen LogP contribution is -2.52. The third-order valence-electron chi connectivity index (χ3n) is 3.83. The van der Waals surface area contributed by atoms with E-state index in [9.17, 15) is 9.18 Å². The quantitative estimate of drug-likeness (QED) is 0.681. The molecule has 2 heterocycles. The molecule has 4 N–H and O–H groups in total. The monoisotopic (exact) mass is 314 g/mol. The summed E-state index contributed by atoms with van der Waals surface area (Å²) in [6.45, 7) is 0.757. The summed E-state index contributed by atoms with van der Waals surface area (Å²) in [6, 6.07) is 4.71. The number of carbonyl (C=O) groups is 1. The zero-order valence-electron chi connectivity index (χ0n) is 11.2. The van der Waals surface area contributed by atoms with Crippen molar-refractivity contribution in [3.05, 3.63) is 29.6 Å². The minimum Gasteiger partial charge on any atom is -0.465 e. The second kappa shape index (κ2) is 5.40. The number of amides is 1. The standard InChI is InChI=1S/C13H15FN4O2.ClH/c14-8-2-1-3-9-10(8)11(15)17-13(16-9)4-6-18(7-5-13)12(19)20;/h1-3,16H,4-7H2,(H2,15,17)(H,19,20);1H. The lowest BCUT2D eigenvalue weighted by atomic mass is 9.94. The summed E-state index contributed by atoms with van der Waals surface area (Å²) in [4.78, 5) is 16.7. The van der Waals surface area contributed by atoms with E-state index in [0.717, 1.165) is 0 Å². The summed E-state index contributed by atoms with van der Waals surface area (Å²) >= 11 is 0. The highest BCUT2D eigenvalue weighted by Gasteiger charge is 2.39. The second-order valence-electron chi connectivity index (χ2n) is 5.09. The first kappa shape index (κ1) is 15.4. The van der Waals surface area contributed by atoms with Crippen molar-refractivity contribution < 1.29 is 14.3 Å². The third-order valence-corrected chi connectivity index (χ3v) is 3.83. The molecule has 0 aromatic heterocycles. The van der Waals surface area contributed by atoms with Crippen LogP contribution in [0.25, 0.3) is 0 Å². The zero-order valence-corrected chi connectivity index (χ0v) is 12.0. The van der Waals surface area contributed by atoms with Crippen LogP contribution >= 0.6 is 12.4 Å². The number of anilines is 1. The van der Waals surface area contributed by atoms with Gasteiger partial charge in [0.05, 0.1) is 5.56 Å². The number of nitrogens with two attached hydrogens (primary N) is 1. The highest BCUT2D eigenvalue weighted by atomic mass is 35.5. The molecule has 2 aliphatic rings. The predicted octanol–water partition coefficient (Wildman–Crippen LogP) is 1.85. The highest BCUT2D eigenvalue weighted by Crippen LogP contribution is 2.34. The van der Waals surface area contributed by atoms with Gasteiger partial charge in [-0.2, -0.15) is 0 Å². The first-order chi connectivity index (χ1) is 9.51. The van der Waals surface area contributed by atoms with Crippen molar-refractivity contribution in [1.82, 2.24) is 4.90 Å². The average Bonchev–Trinajstić information content (AvgIpc) is 2.38. The van der Waals surface area contributed by atoms with Gasteiger partial charge in [-0.05, 0) is 12.1 Å². The molecule has 0 aliphatic carbocycles. The Morgan fingerprint density at radius 2 is 2.10 bits per heavy atom. The molecule has 3 rings (SSSR count). The number of aliphatic imine (C=N–C) groups is 1. The predicted molar refractivity (Wildman–Crippen MR) is 79.6 cm³/mol. The number of piperidine rings is 1. The molecule has 2 aliphatic heterocycles. The maximum atomic E-state index is 13.8. The molecule has 0 bridgehead atoms. The number of rotatable bonds is 0. The van der Waals surface area contributed by atoms with Gasteiger partial charge in [-0.25, -0.2) is 14.2 Å². The largest absolute Gasteiger partial charge is 0.465 e. The molecule has 0 saturated carbocycles. The summed E-state index contributed by atoms with van der Waals surface area (Å²) in [5, 5.41) is 12.2. The average molecular weight is 315 g/mol. The third kappa shape index (κ3) is 2.61. The Kier molecular flexibility index (Phi) is 3.95. The van der Waals surface area contributed by atoms with E-state index in [0.29, 0.717) is 37.2 Å². The number of hydrogen-bond donors (Lipinski definition) is 3. The topological polar surface area (TPSA) is 91.0 Å². The lowest BCUT2D eigenvalue weighted by molar-refractivity contribution is 0.122. The van der Waals surface area contributed by atoms with Gasteiger partial charge in [-0.15, -0.1) is 12.4 Å². The number of likely N-dealkylation sites (tertiary alicyclic amines) is 1. The minimum absolute atomic E-state index is 0. The molecule has 21 heavy (non-hydrogen) atoms. The zero-order chi connectivity index (χ0) is 14.3. The normalized spacial score (nSPS) is 19.1. The summed E-state index contributed by atoms with van der Waals surface area (Å²) in [5.74, 6) is -0.241.